The Balaban J connectivity index is 2.17. The molecular formula is C60H117NO8. The molecule has 1 rings (SSSR count). The zero-order chi connectivity index (χ0) is 50.1. The summed E-state index contributed by atoms with van der Waals surface area (Å²) in [5, 5.41) is 54.8. The lowest BCUT2D eigenvalue weighted by molar-refractivity contribution is -0.302. The molecule has 0 bridgehead atoms. The second kappa shape index (κ2) is 50.5. The van der Waals surface area contributed by atoms with E-state index in [-0.39, 0.29) is 12.5 Å². The highest BCUT2D eigenvalue weighted by molar-refractivity contribution is 5.76. The fraction of sp³-hybridized carbons (Fsp3) is 0.950. The Hall–Kier alpha value is -1.07. The molecule has 69 heavy (non-hydrogen) atoms. The molecule has 0 spiro atoms. The van der Waals surface area contributed by atoms with Gasteiger partial charge in [-0.05, 0) is 38.5 Å². The zero-order valence-electron chi connectivity index (χ0n) is 45.6. The molecule has 7 atom stereocenters. The molecule has 9 nitrogen and oxygen atoms in total. The molecule has 0 radical (unpaired) electrons. The molecule has 1 heterocycles. The molecule has 7 unspecified atom stereocenters. The van der Waals surface area contributed by atoms with Gasteiger partial charge in [0, 0.05) is 6.42 Å². The number of amides is 1. The van der Waals surface area contributed by atoms with Crippen molar-refractivity contribution in [1.29, 1.82) is 0 Å². The molecule has 410 valence electrons. The summed E-state index contributed by atoms with van der Waals surface area (Å²) in [6.45, 7) is 3.88. The Labute approximate surface area is 426 Å². The van der Waals surface area contributed by atoms with E-state index in [0.717, 1.165) is 38.5 Å². The molecule has 9 heteroatoms. The molecule has 1 aliphatic heterocycles. The molecule has 0 aromatic carbocycles. The maximum Gasteiger partial charge on any atom is 0.220 e. The number of aliphatic hydroxyl groups excluding tert-OH is 5. The van der Waals surface area contributed by atoms with E-state index in [1.807, 2.05) is 0 Å². The lowest BCUT2D eigenvalue weighted by atomic mass is 9.99. The van der Waals surface area contributed by atoms with Crippen LogP contribution in [0.2, 0.25) is 0 Å². The third-order valence-corrected chi connectivity index (χ3v) is 14.9. The fourth-order valence-electron chi connectivity index (χ4n) is 10.0. The molecular weight excluding hydrogens is 863 g/mol. The van der Waals surface area contributed by atoms with E-state index in [1.165, 1.54) is 244 Å². The molecule has 1 saturated heterocycles. The van der Waals surface area contributed by atoms with Gasteiger partial charge < -0.3 is 40.3 Å². The summed E-state index contributed by atoms with van der Waals surface area (Å²) in [7, 11) is 0. The summed E-state index contributed by atoms with van der Waals surface area (Å²) in [5.74, 6) is -0.138. The molecule has 0 saturated carbocycles. The molecule has 1 amide bonds. The Morgan fingerprint density at radius 2 is 0.812 bits per heavy atom. The van der Waals surface area contributed by atoms with Crippen molar-refractivity contribution in [2.24, 2.45) is 0 Å². The highest BCUT2D eigenvalue weighted by Crippen LogP contribution is 2.23. The predicted molar refractivity (Wildman–Crippen MR) is 291 cm³/mol. The number of aliphatic hydroxyl groups is 5. The van der Waals surface area contributed by atoms with Gasteiger partial charge in [0.1, 0.15) is 24.4 Å². The van der Waals surface area contributed by atoms with Crippen molar-refractivity contribution >= 4 is 5.91 Å². The largest absolute Gasteiger partial charge is 0.394 e. The third kappa shape index (κ3) is 40.1. The van der Waals surface area contributed by atoms with Gasteiger partial charge in [0.2, 0.25) is 5.91 Å². The van der Waals surface area contributed by atoms with Crippen molar-refractivity contribution in [2.75, 3.05) is 13.2 Å². The first-order chi connectivity index (χ1) is 33.8. The quantitative estimate of drug-likeness (QED) is 0.0261. The van der Waals surface area contributed by atoms with E-state index in [9.17, 15) is 30.3 Å². The van der Waals surface area contributed by atoms with E-state index in [2.05, 4.69) is 31.3 Å². The van der Waals surface area contributed by atoms with Crippen LogP contribution in [0.1, 0.15) is 309 Å². The number of allylic oxidation sites excluding steroid dienone is 2. The standard InChI is InChI=1S/C60H117NO8/c1-3-5-7-9-11-13-15-17-19-21-23-25-26-27-28-30-32-34-36-38-40-42-44-46-48-50-56(64)61-53(52-68-60-59(67)58(66)57(65)55(51-62)69-60)54(63)49-47-45-43-41-39-37-35-33-31-29-24-22-20-18-16-14-12-10-8-6-4-2/h21,23,53-55,57-60,62-63,65-67H,3-20,22,24-52H2,1-2H3,(H,61,64)/b23-21-. The van der Waals surface area contributed by atoms with Gasteiger partial charge in [0.25, 0.3) is 0 Å². The van der Waals surface area contributed by atoms with Gasteiger partial charge in [0.15, 0.2) is 6.29 Å². The monoisotopic (exact) mass is 980 g/mol. The number of unbranched alkanes of at least 4 members (excludes halogenated alkanes) is 41. The van der Waals surface area contributed by atoms with Gasteiger partial charge in [-0.1, -0.05) is 276 Å². The summed E-state index contributed by atoms with van der Waals surface area (Å²) >= 11 is 0. The Morgan fingerprint density at radius 3 is 1.17 bits per heavy atom. The van der Waals surface area contributed by atoms with Crippen LogP contribution in [0.25, 0.3) is 0 Å². The van der Waals surface area contributed by atoms with E-state index >= 15 is 0 Å². The van der Waals surface area contributed by atoms with Gasteiger partial charge in [0.05, 0.1) is 25.4 Å². The van der Waals surface area contributed by atoms with Crippen molar-refractivity contribution in [3.05, 3.63) is 12.2 Å². The first-order valence-corrected chi connectivity index (χ1v) is 30.4. The molecule has 1 fully saturated rings. The number of carbonyl (C=O) groups is 1. The molecule has 0 aliphatic carbocycles. The average Bonchev–Trinajstić information content (AvgIpc) is 3.35. The van der Waals surface area contributed by atoms with E-state index in [0.29, 0.717) is 12.8 Å². The van der Waals surface area contributed by atoms with Crippen LogP contribution in [-0.2, 0) is 14.3 Å². The lowest BCUT2D eigenvalue weighted by Gasteiger charge is -2.40. The van der Waals surface area contributed by atoms with Crippen molar-refractivity contribution in [3.8, 4) is 0 Å². The SMILES string of the molecule is CCCCCCCCCC/C=C\CCCCCCCCCCCCCCCC(=O)NC(COC1OC(CO)C(O)C(O)C1O)C(O)CCCCCCCCCCCCCCCCCCCCCCC. The van der Waals surface area contributed by atoms with Crippen LogP contribution in [0.15, 0.2) is 12.2 Å². The summed E-state index contributed by atoms with van der Waals surface area (Å²) in [6, 6.07) is -0.716. The highest BCUT2D eigenvalue weighted by atomic mass is 16.7. The van der Waals surface area contributed by atoms with Crippen molar-refractivity contribution in [2.45, 2.75) is 352 Å². The number of nitrogens with one attached hydrogen (secondary N) is 1. The van der Waals surface area contributed by atoms with E-state index in [4.69, 9.17) is 9.47 Å². The van der Waals surface area contributed by atoms with Gasteiger partial charge >= 0.3 is 0 Å². The van der Waals surface area contributed by atoms with Crippen LogP contribution in [0.4, 0.5) is 0 Å². The van der Waals surface area contributed by atoms with Crippen LogP contribution in [-0.4, -0.2) is 87.5 Å². The van der Waals surface area contributed by atoms with Gasteiger partial charge in [-0.2, -0.15) is 0 Å². The second-order valence-electron chi connectivity index (χ2n) is 21.5. The van der Waals surface area contributed by atoms with Crippen LogP contribution >= 0.6 is 0 Å². The van der Waals surface area contributed by atoms with E-state index in [1.54, 1.807) is 0 Å². The van der Waals surface area contributed by atoms with Crippen molar-refractivity contribution < 1.29 is 39.8 Å². The van der Waals surface area contributed by atoms with Crippen molar-refractivity contribution in [1.82, 2.24) is 5.32 Å². The molecule has 1 aliphatic rings. The summed E-state index contributed by atoms with van der Waals surface area (Å²) < 4.78 is 11.3. The number of ether oxygens (including phenoxy) is 2. The average molecular weight is 981 g/mol. The second-order valence-corrected chi connectivity index (χ2v) is 21.5. The van der Waals surface area contributed by atoms with Gasteiger partial charge in [-0.15, -0.1) is 0 Å². The van der Waals surface area contributed by atoms with Crippen LogP contribution in [0, 0.1) is 0 Å². The predicted octanol–water partition coefficient (Wildman–Crippen LogP) is 15.2. The van der Waals surface area contributed by atoms with Crippen LogP contribution in [0.5, 0.6) is 0 Å². The summed E-state index contributed by atoms with van der Waals surface area (Å²) in [6.07, 6.45) is 55.3. The van der Waals surface area contributed by atoms with E-state index < -0.39 is 49.5 Å². The van der Waals surface area contributed by atoms with Crippen LogP contribution < -0.4 is 5.32 Å². The Morgan fingerprint density at radius 1 is 0.478 bits per heavy atom. The number of hydrogen-bond acceptors (Lipinski definition) is 8. The van der Waals surface area contributed by atoms with Crippen molar-refractivity contribution in [3.63, 3.8) is 0 Å². The number of carbonyl (C=O) groups excluding carboxylic acids is 1. The summed E-state index contributed by atoms with van der Waals surface area (Å²) in [4.78, 5) is 13.1. The fourth-order valence-corrected chi connectivity index (χ4v) is 10.0. The minimum Gasteiger partial charge on any atom is -0.394 e. The number of rotatable bonds is 53. The normalized spacial score (nSPS) is 19.4. The van der Waals surface area contributed by atoms with Gasteiger partial charge in [-0.3, -0.25) is 4.79 Å². The number of hydrogen-bond donors (Lipinski definition) is 6. The first kappa shape index (κ1) is 65.9. The summed E-state index contributed by atoms with van der Waals surface area (Å²) in [5.41, 5.74) is 0. The highest BCUT2D eigenvalue weighted by Gasteiger charge is 2.44. The Bertz CT molecular complexity index is 1090. The maximum absolute atomic E-state index is 13.1. The Kier molecular flexibility index (Phi) is 48.2. The molecule has 0 aromatic heterocycles. The minimum atomic E-state index is -1.55. The lowest BCUT2D eigenvalue weighted by Crippen LogP contribution is -2.60. The minimum absolute atomic E-state index is 0.133. The topological polar surface area (TPSA) is 149 Å². The third-order valence-electron chi connectivity index (χ3n) is 14.9. The molecule has 0 aromatic rings. The smallest absolute Gasteiger partial charge is 0.220 e. The van der Waals surface area contributed by atoms with Crippen LogP contribution in [0.3, 0.4) is 0 Å². The molecule has 6 N–H and O–H groups in total. The zero-order valence-corrected chi connectivity index (χ0v) is 45.6. The van der Waals surface area contributed by atoms with Gasteiger partial charge in [-0.25, -0.2) is 0 Å². The first-order valence-electron chi connectivity index (χ1n) is 30.4. The maximum atomic E-state index is 13.1.